The molecular formula is C27H29FN4O2. The zero-order valence-electron chi connectivity index (χ0n) is 20.2. The van der Waals surface area contributed by atoms with Gasteiger partial charge in [0.2, 0.25) is 5.91 Å². The Labute approximate surface area is 198 Å². The molecule has 0 bridgehead atoms. The molecule has 1 amide bonds. The standard InChI is InChI=1S/C27H29FN4O2/c1-16-9-10-17(2)20(13-16)15-29-24(33)12-11-23-18(3)25-19(4)30-32(26(25)31(5)27(23)34)22-8-6-7-21(28)14-22/h6-10,13-14H,11-12,15H2,1-5H3,(H,29,33). The Hall–Kier alpha value is -3.74. The van der Waals surface area contributed by atoms with Gasteiger partial charge in [-0.2, -0.15) is 5.10 Å². The molecule has 2 heterocycles. The van der Waals surface area contributed by atoms with Crippen molar-refractivity contribution < 1.29 is 9.18 Å². The predicted octanol–water partition coefficient (Wildman–Crippen LogP) is 4.35. The van der Waals surface area contributed by atoms with Crippen LogP contribution in [0.15, 0.2) is 47.3 Å². The topological polar surface area (TPSA) is 68.9 Å². The Morgan fingerprint density at radius 2 is 1.85 bits per heavy atom. The molecule has 0 aliphatic heterocycles. The minimum absolute atomic E-state index is 0.102. The van der Waals surface area contributed by atoms with E-state index < -0.39 is 0 Å². The second-order valence-corrected chi connectivity index (χ2v) is 8.85. The van der Waals surface area contributed by atoms with Gasteiger partial charge >= 0.3 is 0 Å². The summed E-state index contributed by atoms with van der Waals surface area (Å²) in [6.45, 7) is 8.27. The molecule has 0 spiro atoms. The highest BCUT2D eigenvalue weighted by Gasteiger charge is 2.20. The number of nitrogens with one attached hydrogen (secondary N) is 1. The van der Waals surface area contributed by atoms with Crippen LogP contribution in [0.2, 0.25) is 0 Å². The fourth-order valence-electron chi connectivity index (χ4n) is 4.47. The van der Waals surface area contributed by atoms with Crippen LogP contribution in [0.4, 0.5) is 4.39 Å². The summed E-state index contributed by atoms with van der Waals surface area (Å²) in [6, 6.07) is 12.3. The van der Waals surface area contributed by atoms with E-state index in [9.17, 15) is 14.0 Å². The Bertz CT molecular complexity index is 1470. The number of rotatable bonds is 6. The van der Waals surface area contributed by atoms with Gasteiger partial charge < -0.3 is 5.32 Å². The molecule has 4 aromatic rings. The number of benzene rings is 2. The third kappa shape index (κ3) is 4.38. The van der Waals surface area contributed by atoms with Crippen molar-refractivity contribution in [3.63, 3.8) is 0 Å². The van der Waals surface area contributed by atoms with E-state index in [2.05, 4.69) is 16.5 Å². The van der Waals surface area contributed by atoms with Crippen molar-refractivity contribution in [3.8, 4) is 5.69 Å². The molecular weight excluding hydrogens is 431 g/mol. The highest BCUT2D eigenvalue weighted by molar-refractivity contribution is 5.85. The van der Waals surface area contributed by atoms with Crippen LogP contribution in [-0.2, 0) is 24.8 Å². The zero-order chi connectivity index (χ0) is 24.6. The first-order chi connectivity index (χ1) is 16.2. The van der Waals surface area contributed by atoms with Crippen molar-refractivity contribution in [2.75, 3.05) is 0 Å². The van der Waals surface area contributed by atoms with Crippen LogP contribution in [0.5, 0.6) is 0 Å². The van der Waals surface area contributed by atoms with Crippen molar-refractivity contribution in [3.05, 3.63) is 92.1 Å². The van der Waals surface area contributed by atoms with E-state index in [0.717, 1.165) is 33.3 Å². The number of carbonyl (C=O) groups excluding carboxylic acids is 1. The average Bonchev–Trinajstić information content (AvgIpc) is 3.15. The summed E-state index contributed by atoms with van der Waals surface area (Å²) in [7, 11) is 1.69. The molecule has 0 fully saturated rings. The first-order valence-corrected chi connectivity index (χ1v) is 11.3. The van der Waals surface area contributed by atoms with E-state index in [4.69, 9.17) is 0 Å². The monoisotopic (exact) mass is 460 g/mol. The van der Waals surface area contributed by atoms with Crippen LogP contribution in [0.25, 0.3) is 16.7 Å². The lowest BCUT2D eigenvalue weighted by atomic mass is 10.0. The number of pyridine rings is 1. The third-order valence-corrected chi connectivity index (χ3v) is 6.38. The van der Waals surface area contributed by atoms with Crippen LogP contribution in [0.1, 0.15) is 39.9 Å². The summed E-state index contributed by atoms with van der Waals surface area (Å²) in [5.41, 5.74) is 6.49. The van der Waals surface area contributed by atoms with Crippen molar-refractivity contribution >= 4 is 16.9 Å². The molecule has 0 saturated carbocycles. The van der Waals surface area contributed by atoms with Crippen molar-refractivity contribution in [2.24, 2.45) is 7.05 Å². The number of hydrogen-bond acceptors (Lipinski definition) is 3. The molecule has 0 aliphatic carbocycles. The maximum atomic E-state index is 13.8. The molecule has 176 valence electrons. The number of hydrogen-bond donors (Lipinski definition) is 1. The van der Waals surface area contributed by atoms with Gasteiger partial charge in [-0.25, -0.2) is 9.07 Å². The van der Waals surface area contributed by atoms with Gasteiger partial charge in [0.05, 0.1) is 11.4 Å². The summed E-state index contributed by atoms with van der Waals surface area (Å²) >= 11 is 0. The normalized spacial score (nSPS) is 11.2. The fourth-order valence-corrected chi connectivity index (χ4v) is 4.47. The Morgan fingerprint density at radius 1 is 1.09 bits per heavy atom. The van der Waals surface area contributed by atoms with Gasteiger partial charge in [-0.3, -0.25) is 14.2 Å². The van der Waals surface area contributed by atoms with E-state index in [-0.39, 0.29) is 23.7 Å². The lowest BCUT2D eigenvalue weighted by molar-refractivity contribution is -0.121. The summed E-state index contributed by atoms with van der Waals surface area (Å²) in [5, 5.41) is 8.40. The number of fused-ring (bicyclic) bond motifs is 1. The Balaban J connectivity index is 1.60. The van der Waals surface area contributed by atoms with Gasteiger partial charge in [0.1, 0.15) is 11.5 Å². The Morgan fingerprint density at radius 3 is 2.59 bits per heavy atom. The highest BCUT2D eigenvalue weighted by atomic mass is 19.1. The van der Waals surface area contributed by atoms with Crippen LogP contribution >= 0.6 is 0 Å². The van der Waals surface area contributed by atoms with Crippen LogP contribution < -0.4 is 10.9 Å². The largest absolute Gasteiger partial charge is 0.352 e. The molecule has 7 heteroatoms. The maximum absolute atomic E-state index is 13.8. The minimum atomic E-state index is -0.371. The molecule has 0 radical (unpaired) electrons. The molecule has 0 saturated heterocycles. The van der Waals surface area contributed by atoms with Gasteiger partial charge in [-0.05, 0) is 69.0 Å². The van der Waals surface area contributed by atoms with E-state index >= 15 is 0 Å². The molecule has 0 atom stereocenters. The number of halogens is 1. The van der Waals surface area contributed by atoms with Gasteiger partial charge in [-0.1, -0.05) is 29.8 Å². The first kappa shape index (κ1) is 23.4. The molecule has 34 heavy (non-hydrogen) atoms. The second kappa shape index (κ2) is 9.25. The number of amides is 1. The number of carbonyl (C=O) groups is 1. The molecule has 4 rings (SSSR count). The molecule has 2 aromatic heterocycles. The molecule has 6 nitrogen and oxygen atoms in total. The fraction of sp³-hybridized carbons (Fsp3) is 0.296. The highest BCUT2D eigenvalue weighted by Crippen LogP contribution is 2.26. The summed E-state index contributed by atoms with van der Waals surface area (Å²) in [4.78, 5) is 25.8. The molecule has 2 aromatic carbocycles. The van der Waals surface area contributed by atoms with E-state index in [1.807, 2.05) is 39.8 Å². The quantitative estimate of drug-likeness (QED) is 0.465. The Kier molecular flexibility index (Phi) is 6.37. The zero-order valence-corrected chi connectivity index (χ0v) is 20.2. The number of nitrogens with zero attached hydrogens (tertiary/aromatic N) is 3. The number of aryl methyl sites for hydroxylation is 5. The molecule has 0 aliphatic rings. The first-order valence-electron chi connectivity index (χ1n) is 11.3. The SMILES string of the molecule is Cc1ccc(C)c(CNC(=O)CCc2c(C)c3c(C)nn(-c4cccc(F)c4)c3n(C)c2=O)c1. The second-order valence-electron chi connectivity index (χ2n) is 8.85. The number of aromatic nitrogens is 3. The van der Waals surface area contributed by atoms with Crippen LogP contribution in [-0.4, -0.2) is 20.3 Å². The van der Waals surface area contributed by atoms with E-state index in [1.165, 1.54) is 16.7 Å². The van der Waals surface area contributed by atoms with E-state index in [0.29, 0.717) is 29.9 Å². The summed E-state index contributed by atoms with van der Waals surface area (Å²) in [5.74, 6) is -0.473. The van der Waals surface area contributed by atoms with Gasteiger partial charge in [0, 0.05) is 31.0 Å². The smallest absolute Gasteiger partial charge is 0.255 e. The van der Waals surface area contributed by atoms with Crippen molar-refractivity contribution in [2.45, 2.75) is 47.1 Å². The van der Waals surface area contributed by atoms with Gasteiger partial charge in [0.15, 0.2) is 0 Å². The summed E-state index contributed by atoms with van der Waals surface area (Å²) < 4.78 is 17.0. The average molecular weight is 461 g/mol. The van der Waals surface area contributed by atoms with Crippen LogP contribution in [0, 0.1) is 33.5 Å². The maximum Gasteiger partial charge on any atom is 0.255 e. The third-order valence-electron chi connectivity index (χ3n) is 6.38. The van der Waals surface area contributed by atoms with E-state index in [1.54, 1.807) is 23.9 Å². The lowest BCUT2D eigenvalue weighted by Crippen LogP contribution is -2.27. The van der Waals surface area contributed by atoms with Gasteiger partial charge in [0.25, 0.3) is 5.56 Å². The predicted molar refractivity (Wildman–Crippen MR) is 132 cm³/mol. The van der Waals surface area contributed by atoms with Crippen LogP contribution in [0.3, 0.4) is 0 Å². The molecule has 0 unspecified atom stereocenters. The molecule has 1 N–H and O–H groups in total. The lowest BCUT2D eigenvalue weighted by Gasteiger charge is -2.13. The minimum Gasteiger partial charge on any atom is -0.352 e. The summed E-state index contributed by atoms with van der Waals surface area (Å²) in [6.07, 6.45) is 0.543. The van der Waals surface area contributed by atoms with Crippen molar-refractivity contribution in [1.29, 1.82) is 0 Å². The van der Waals surface area contributed by atoms with Gasteiger partial charge in [-0.15, -0.1) is 0 Å². The van der Waals surface area contributed by atoms with Crippen molar-refractivity contribution in [1.82, 2.24) is 19.7 Å².